The monoisotopic (exact) mass is 217 g/mol. The van der Waals surface area contributed by atoms with Crippen LogP contribution in [0.4, 0.5) is 0 Å². The molecular formula is C7H12BrN3. The van der Waals surface area contributed by atoms with Crippen molar-refractivity contribution in [2.24, 2.45) is 11.7 Å². The van der Waals surface area contributed by atoms with E-state index in [0.29, 0.717) is 12.5 Å². The predicted molar refractivity (Wildman–Crippen MR) is 48.1 cm³/mol. The van der Waals surface area contributed by atoms with Crippen LogP contribution in [0.2, 0.25) is 0 Å². The van der Waals surface area contributed by atoms with Crippen molar-refractivity contribution < 1.29 is 0 Å². The molecule has 0 aliphatic rings. The first-order valence-electron chi connectivity index (χ1n) is 3.60. The topological polar surface area (TPSA) is 43.8 Å². The fourth-order valence-electron chi connectivity index (χ4n) is 0.832. The summed E-state index contributed by atoms with van der Waals surface area (Å²) in [5.74, 6) is 0.488. The van der Waals surface area contributed by atoms with E-state index in [-0.39, 0.29) is 0 Å². The van der Waals surface area contributed by atoms with Gasteiger partial charge < -0.3 is 5.73 Å². The first kappa shape index (κ1) is 8.74. The predicted octanol–water partition coefficient (Wildman–Crippen LogP) is 1.24. The summed E-state index contributed by atoms with van der Waals surface area (Å²) in [5.41, 5.74) is 5.47. The Morgan fingerprint density at radius 1 is 1.82 bits per heavy atom. The summed E-state index contributed by atoms with van der Waals surface area (Å²) in [6.45, 7) is 3.70. The van der Waals surface area contributed by atoms with Crippen LogP contribution in [-0.2, 0) is 6.54 Å². The molecular weight excluding hydrogens is 206 g/mol. The van der Waals surface area contributed by atoms with Gasteiger partial charge in [0, 0.05) is 12.7 Å². The van der Waals surface area contributed by atoms with Crippen LogP contribution >= 0.6 is 15.9 Å². The van der Waals surface area contributed by atoms with E-state index >= 15 is 0 Å². The zero-order chi connectivity index (χ0) is 8.27. The molecule has 0 aromatic carbocycles. The molecule has 0 aliphatic heterocycles. The van der Waals surface area contributed by atoms with Crippen molar-refractivity contribution in [1.29, 1.82) is 0 Å². The van der Waals surface area contributed by atoms with Gasteiger partial charge in [0.05, 0.1) is 10.7 Å². The van der Waals surface area contributed by atoms with Gasteiger partial charge in [-0.3, -0.25) is 4.68 Å². The molecule has 0 saturated carbocycles. The third kappa shape index (κ3) is 2.63. The Balaban J connectivity index is 2.50. The second-order valence-corrected chi connectivity index (χ2v) is 3.64. The van der Waals surface area contributed by atoms with E-state index in [4.69, 9.17) is 5.73 Å². The van der Waals surface area contributed by atoms with E-state index in [2.05, 4.69) is 28.0 Å². The molecule has 1 rings (SSSR count). The molecule has 0 saturated heterocycles. The molecule has 0 aliphatic carbocycles. The molecule has 3 nitrogen and oxygen atoms in total. The number of halogens is 1. The van der Waals surface area contributed by atoms with E-state index in [0.717, 1.165) is 11.0 Å². The normalized spacial score (nSPS) is 13.4. The van der Waals surface area contributed by atoms with Gasteiger partial charge >= 0.3 is 0 Å². The van der Waals surface area contributed by atoms with Gasteiger partial charge in [0.15, 0.2) is 0 Å². The molecule has 2 N–H and O–H groups in total. The van der Waals surface area contributed by atoms with Crippen LogP contribution in [0.25, 0.3) is 0 Å². The number of nitrogens with zero attached hydrogens (tertiary/aromatic N) is 2. The van der Waals surface area contributed by atoms with Crippen molar-refractivity contribution in [3.63, 3.8) is 0 Å². The largest absolute Gasteiger partial charge is 0.330 e. The first-order chi connectivity index (χ1) is 5.22. The summed E-state index contributed by atoms with van der Waals surface area (Å²) >= 11 is 3.33. The van der Waals surface area contributed by atoms with Crippen LogP contribution in [0.3, 0.4) is 0 Å². The minimum Gasteiger partial charge on any atom is -0.330 e. The minimum atomic E-state index is 0.488. The van der Waals surface area contributed by atoms with Crippen molar-refractivity contribution in [2.45, 2.75) is 13.5 Å². The van der Waals surface area contributed by atoms with Crippen molar-refractivity contribution in [3.05, 3.63) is 16.9 Å². The summed E-state index contributed by atoms with van der Waals surface area (Å²) in [6.07, 6.45) is 3.73. The number of rotatable bonds is 3. The Bertz CT molecular complexity index is 221. The molecule has 0 radical (unpaired) electrons. The van der Waals surface area contributed by atoms with Gasteiger partial charge in [0.1, 0.15) is 0 Å². The number of nitrogens with two attached hydrogens (primary N) is 1. The quantitative estimate of drug-likeness (QED) is 0.829. The van der Waals surface area contributed by atoms with Crippen molar-refractivity contribution in [2.75, 3.05) is 6.54 Å². The Hall–Kier alpha value is -0.350. The standard InChI is InChI=1S/C7H12BrN3/c1-6(2-9)4-11-5-7(8)3-10-11/h3,5-6H,2,4,9H2,1H3. The lowest BCUT2D eigenvalue weighted by atomic mass is 10.2. The second-order valence-electron chi connectivity index (χ2n) is 2.72. The molecule has 1 aromatic rings. The molecule has 0 spiro atoms. The molecule has 0 amide bonds. The molecule has 62 valence electrons. The van der Waals surface area contributed by atoms with Crippen molar-refractivity contribution >= 4 is 15.9 Å². The summed E-state index contributed by atoms with van der Waals surface area (Å²) in [7, 11) is 0. The minimum absolute atomic E-state index is 0.488. The van der Waals surface area contributed by atoms with Gasteiger partial charge in [0.25, 0.3) is 0 Å². The summed E-state index contributed by atoms with van der Waals surface area (Å²) in [6, 6.07) is 0. The summed E-state index contributed by atoms with van der Waals surface area (Å²) in [5, 5.41) is 4.12. The lowest BCUT2D eigenvalue weighted by Crippen LogP contribution is -2.17. The fourth-order valence-corrected chi connectivity index (χ4v) is 1.16. The Kier molecular flexibility index (Phi) is 3.08. The van der Waals surface area contributed by atoms with Crippen LogP contribution < -0.4 is 5.73 Å². The van der Waals surface area contributed by atoms with Crippen molar-refractivity contribution in [1.82, 2.24) is 9.78 Å². The van der Waals surface area contributed by atoms with E-state index in [1.165, 1.54) is 0 Å². The highest BCUT2D eigenvalue weighted by Gasteiger charge is 2.00. The van der Waals surface area contributed by atoms with Gasteiger partial charge in [-0.1, -0.05) is 6.92 Å². The van der Waals surface area contributed by atoms with E-state index in [1.54, 1.807) is 6.20 Å². The van der Waals surface area contributed by atoms with Crippen LogP contribution in [0.1, 0.15) is 6.92 Å². The molecule has 0 fully saturated rings. The molecule has 1 unspecified atom stereocenters. The number of aromatic nitrogens is 2. The van der Waals surface area contributed by atoms with Crippen LogP contribution in [0.15, 0.2) is 16.9 Å². The van der Waals surface area contributed by atoms with E-state index < -0.39 is 0 Å². The highest BCUT2D eigenvalue weighted by Crippen LogP contribution is 2.07. The lowest BCUT2D eigenvalue weighted by molar-refractivity contribution is 0.458. The van der Waals surface area contributed by atoms with Gasteiger partial charge in [-0.05, 0) is 28.4 Å². The second kappa shape index (κ2) is 3.88. The smallest absolute Gasteiger partial charge is 0.0632 e. The maximum atomic E-state index is 5.47. The van der Waals surface area contributed by atoms with Gasteiger partial charge in [-0.15, -0.1) is 0 Å². The molecule has 1 atom stereocenters. The molecule has 4 heteroatoms. The Morgan fingerprint density at radius 3 is 3.00 bits per heavy atom. The van der Waals surface area contributed by atoms with Crippen LogP contribution in [-0.4, -0.2) is 16.3 Å². The number of hydrogen-bond donors (Lipinski definition) is 1. The summed E-state index contributed by atoms with van der Waals surface area (Å²) in [4.78, 5) is 0. The van der Waals surface area contributed by atoms with Crippen molar-refractivity contribution in [3.8, 4) is 0 Å². The van der Waals surface area contributed by atoms with Gasteiger partial charge in [0.2, 0.25) is 0 Å². The first-order valence-corrected chi connectivity index (χ1v) is 4.39. The highest BCUT2D eigenvalue weighted by molar-refractivity contribution is 9.10. The third-order valence-electron chi connectivity index (χ3n) is 1.50. The summed E-state index contributed by atoms with van der Waals surface area (Å²) < 4.78 is 2.91. The average molecular weight is 218 g/mol. The van der Waals surface area contributed by atoms with E-state index in [9.17, 15) is 0 Å². The third-order valence-corrected chi connectivity index (χ3v) is 1.91. The van der Waals surface area contributed by atoms with Gasteiger partial charge in [-0.25, -0.2) is 0 Å². The fraction of sp³-hybridized carbons (Fsp3) is 0.571. The molecule has 1 aromatic heterocycles. The Labute approximate surface area is 74.7 Å². The highest BCUT2D eigenvalue weighted by atomic mass is 79.9. The molecule has 11 heavy (non-hydrogen) atoms. The zero-order valence-electron chi connectivity index (χ0n) is 6.50. The molecule has 1 heterocycles. The van der Waals surface area contributed by atoms with Gasteiger partial charge in [-0.2, -0.15) is 5.10 Å². The van der Waals surface area contributed by atoms with Crippen LogP contribution in [0, 0.1) is 5.92 Å². The van der Waals surface area contributed by atoms with Crippen LogP contribution in [0.5, 0.6) is 0 Å². The van der Waals surface area contributed by atoms with E-state index in [1.807, 2.05) is 10.9 Å². The maximum absolute atomic E-state index is 5.47. The molecule has 0 bridgehead atoms. The zero-order valence-corrected chi connectivity index (χ0v) is 8.08. The lowest BCUT2D eigenvalue weighted by Gasteiger charge is -2.06. The SMILES string of the molecule is CC(CN)Cn1cc(Br)cn1. The average Bonchev–Trinajstić information content (AvgIpc) is 2.35. The number of hydrogen-bond acceptors (Lipinski definition) is 2. The Morgan fingerprint density at radius 2 is 2.55 bits per heavy atom. The maximum Gasteiger partial charge on any atom is 0.0632 e.